The fourth-order valence-corrected chi connectivity index (χ4v) is 3.08. The molecule has 1 aliphatic rings. The van der Waals surface area contributed by atoms with Crippen LogP contribution in [0.4, 0.5) is 10.5 Å². The Morgan fingerprint density at radius 2 is 1.85 bits per heavy atom. The van der Waals surface area contributed by atoms with Gasteiger partial charge >= 0.3 is 6.09 Å². The Kier molecular flexibility index (Phi) is 7.03. The van der Waals surface area contributed by atoms with Crippen LogP contribution < -0.4 is 15.5 Å². The third-order valence-electron chi connectivity index (χ3n) is 4.24. The maximum Gasteiger partial charge on any atom is 0.407 e. The van der Waals surface area contributed by atoms with Crippen molar-refractivity contribution in [3.8, 4) is 0 Å². The lowest BCUT2D eigenvalue weighted by Gasteiger charge is -2.35. The molecule has 1 saturated heterocycles. The van der Waals surface area contributed by atoms with Crippen LogP contribution in [0, 0.1) is 0 Å². The summed E-state index contributed by atoms with van der Waals surface area (Å²) in [5.41, 5.74) is 1.91. The van der Waals surface area contributed by atoms with Gasteiger partial charge in [0.2, 0.25) is 0 Å². The van der Waals surface area contributed by atoms with Crippen molar-refractivity contribution in [1.29, 1.82) is 0 Å². The van der Waals surface area contributed by atoms with Crippen molar-refractivity contribution in [3.63, 3.8) is 0 Å². The molecule has 26 heavy (non-hydrogen) atoms. The van der Waals surface area contributed by atoms with Gasteiger partial charge in [-0.15, -0.1) is 0 Å². The minimum Gasteiger partial charge on any atom is -0.444 e. The zero-order valence-corrected chi connectivity index (χ0v) is 16.3. The number of nitrogens with one attached hydrogen (secondary N) is 2. The molecule has 0 aromatic heterocycles. The van der Waals surface area contributed by atoms with Crippen molar-refractivity contribution >= 4 is 17.6 Å². The van der Waals surface area contributed by atoms with Gasteiger partial charge in [0, 0.05) is 31.4 Å². The molecule has 6 nitrogen and oxygen atoms in total. The monoisotopic (exact) mass is 361 g/mol. The van der Waals surface area contributed by atoms with Gasteiger partial charge in [-0.25, -0.2) is 4.79 Å². The lowest BCUT2D eigenvalue weighted by Crippen LogP contribution is -2.46. The second kappa shape index (κ2) is 9.03. The molecule has 0 unspecified atom stereocenters. The molecule has 1 heterocycles. The molecule has 0 saturated carbocycles. The number of carbonyl (C=O) groups is 2. The number of Topliss-reactive ketones (excluding diaryl/α,β-unsaturated/α-hetero) is 1. The van der Waals surface area contributed by atoms with Crippen molar-refractivity contribution in [2.75, 3.05) is 24.5 Å². The summed E-state index contributed by atoms with van der Waals surface area (Å²) in [6.07, 6.45) is 1.42. The van der Waals surface area contributed by atoms with E-state index in [1.165, 1.54) is 11.3 Å². The first kappa shape index (κ1) is 20.2. The summed E-state index contributed by atoms with van der Waals surface area (Å²) in [6.45, 7) is 10.0. The Morgan fingerprint density at radius 1 is 1.19 bits per heavy atom. The first-order chi connectivity index (χ1) is 12.2. The average Bonchev–Trinajstić information content (AvgIpc) is 2.54. The largest absolute Gasteiger partial charge is 0.444 e. The summed E-state index contributed by atoms with van der Waals surface area (Å²) in [6, 6.07) is 8.41. The molecule has 2 rings (SSSR count). The number of piperidine rings is 1. The number of amides is 1. The van der Waals surface area contributed by atoms with E-state index < -0.39 is 5.60 Å². The first-order valence-electron chi connectivity index (χ1n) is 9.27. The molecule has 1 aliphatic heterocycles. The number of ether oxygens (including phenoxy) is 1. The van der Waals surface area contributed by atoms with Crippen LogP contribution in [0.25, 0.3) is 0 Å². The molecule has 1 aromatic carbocycles. The number of ketones is 1. The third kappa shape index (κ3) is 6.67. The SMILES string of the molecule is CC(=O)CNCc1ccccc1N1CCC(NC(=O)OC(C)(C)C)CC1. The zero-order chi connectivity index (χ0) is 19.2. The predicted octanol–water partition coefficient (Wildman–Crippen LogP) is 2.86. The van der Waals surface area contributed by atoms with E-state index in [1.54, 1.807) is 6.92 Å². The molecule has 144 valence electrons. The molecule has 1 aromatic rings. The number of benzene rings is 1. The zero-order valence-electron chi connectivity index (χ0n) is 16.3. The predicted molar refractivity (Wildman–Crippen MR) is 103 cm³/mol. The van der Waals surface area contributed by atoms with Crippen LogP contribution >= 0.6 is 0 Å². The van der Waals surface area contributed by atoms with E-state index in [2.05, 4.69) is 27.7 Å². The maximum atomic E-state index is 11.9. The number of carbonyl (C=O) groups excluding carboxylic acids is 2. The Bertz CT molecular complexity index is 617. The number of rotatable bonds is 6. The number of hydrogen-bond donors (Lipinski definition) is 2. The number of anilines is 1. The van der Waals surface area contributed by atoms with E-state index in [0.717, 1.165) is 25.9 Å². The lowest BCUT2D eigenvalue weighted by atomic mass is 10.0. The summed E-state index contributed by atoms with van der Waals surface area (Å²) in [5, 5.41) is 6.16. The van der Waals surface area contributed by atoms with Crippen LogP contribution in [0.3, 0.4) is 0 Å². The number of alkyl carbamates (subject to hydrolysis) is 1. The van der Waals surface area contributed by atoms with Gasteiger partial charge in [0.15, 0.2) is 0 Å². The number of nitrogens with zero attached hydrogens (tertiary/aromatic N) is 1. The Balaban J connectivity index is 1.87. The van der Waals surface area contributed by atoms with E-state index in [0.29, 0.717) is 13.1 Å². The quantitative estimate of drug-likeness (QED) is 0.815. The summed E-state index contributed by atoms with van der Waals surface area (Å²) in [4.78, 5) is 25.4. The molecule has 0 bridgehead atoms. The lowest BCUT2D eigenvalue weighted by molar-refractivity contribution is -0.116. The number of para-hydroxylation sites is 1. The second-order valence-electron chi connectivity index (χ2n) is 7.84. The van der Waals surface area contributed by atoms with Gasteiger partial charge in [-0.1, -0.05) is 18.2 Å². The maximum absolute atomic E-state index is 11.9. The van der Waals surface area contributed by atoms with E-state index in [1.807, 2.05) is 32.9 Å². The highest BCUT2D eigenvalue weighted by molar-refractivity contribution is 5.77. The normalized spacial score (nSPS) is 15.6. The van der Waals surface area contributed by atoms with Crippen molar-refractivity contribution in [2.45, 2.75) is 58.7 Å². The van der Waals surface area contributed by atoms with Crippen LogP contribution in [0.2, 0.25) is 0 Å². The van der Waals surface area contributed by atoms with E-state index in [9.17, 15) is 9.59 Å². The molecule has 2 N–H and O–H groups in total. The highest BCUT2D eigenvalue weighted by Crippen LogP contribution is 2.24. The van der Waals surface area contributed by atoms with Crippen molar-refractivity contribution in [1.82, 2.24) is 10.6 Å². The van der Waals surface area contributed by atoms with Crippen molar-refractivity contribution in [3.05, 3.63) is 29.8 Å². The van der Waals surface area contributed by atoms with Crippen LogP contribution in [-0.2, 0) is 16.1 Å². The Hall–Kier alpha value is -2.08. The smallest absolute Gasteiger partial charge is 0.407 e. The first-order valence-corrected chi connectivity index (χ1v) is 9.27. The average molecular weight is 361 g/mol. The molecule has 6 heteroatoms. The molecule has 0 aliphatic carbocycles. The van der Waals surface area contributed by atoms with Gasteiger partial charge in [0.25, 0.3) is 0 Å². The van der Waals surface area contributed by atoms with Crippen LogP contribution in [-0.4, -0.2) is 43.2 Å². The molecule has 0 spiro atoms. The molecular weight excluding hydrogens is 330 g/mol. The van der Waals surface area contributed by atoms with Gasteiger partial charge in [-0.05, 0) is 52.2 Å². The van der Waals surface area contributed by atoms with E-state index in [4.69, 9.17) is 4.74 Å². The summed E-state index contributed by atoms with van der Waals surface area (Å²) in [7, 11) is 0. The Morgan fingerprint density at radius 3 is 2.46 bits per heavy atom. The second-order valence-corrected chi connectivity index (χ2v) is 7.84. The van der Waals surface area contributed by atoms with Gasteiger partial charge in [-0.2, -0.15) is 0 Å². The van der Waals surface area contributed by atoms with E-state index >= 15 is 0 Å². The molecule has 1 amide bonds. The molecule has 1 fully saturated rings. The molecular formula is C20H31N3O3. The van der Waals surface area contributed by atoms with Crippen molar-refractivity contribution in [2.24, 2.45) is 0 Å². The number of hydrogen-bond acceptors (Lipinski definition) is 5. The third-order valence-corrected chi connectivity index (χ3v) is 4.24. The highest BCUT2D eigenvalue weighted by atomic mass is 16.6. The Labute approximate surface area is 156 Å². The topological polar surface area (TPSA) is 70.7 Å². The summed E-state index contributed by atoms with van der Waals surface area (Å²) in [5.74, 6) is 0.136. The van der Waals surface area contributed by atoms with Gasteiger partial charge in [0.05, 0.1) is 6.54 Å². The molecule has 0 radical (unpaired) electrons. The van der Waals surface area contributed by atoms with Crippen LogP contribution in [0.1, 0.15) is 46.1 Å². The molecule has 0 atom stereocenters. The van der Waals surface area contributed by atoms with E-state index in [-0.39, 0.29) is 17.9 Å². The fraction of sp³-hybridized carbons (Fsp3) is 0.600. The standard InChI is InChI=1S/C20H31N3O3/c1-15(24)13-21-14-16-7-5-6-8-18(16)23-11-9-17(10-12-23)22-19(25)26-20(2,3)4/h5-8,17,21H,9-14H2,1-4H3,(H,22,25). The van der Waals surface area contributed by atoms with Gasteiger partial charge < -0.3 is 20.3 Å². The minimum atomic E-state index is -0.476. The summed E-state index contributed by atoms with van der Waals surface area (Å²) >= 11 is 0. The van der Waals surface area contributed by atoms with Crippen LogP contribution in [0.5, 0.6) is 0 Å². The van der Waals surface area contributed by atoms with Gasteiger partial charge in [0.1, 0.15) is 11.4 Å². The fourth-order valence-electron chi connectivity index (χ4n) is 3.08. The highest BCUT2D eigenvalue weighted by Gasteiger charge is 2.24. The minimum absolute atomic E-state index is 0.136. The van der Waals surface area contributed by atoms with Gasteiger partial charge in [-0.3, -0.25) is 4.79 Å². The van der Waals surface area contributed by atoms with Crippen LogP contribution in [0.15, 0.2) is 24.3 Å². The van der Waals surface area contributed by atoms with Crippen molar-refractivity contribution < 1.29 is 14.3 Å². The summed E-state index contributed by atoms with van der Waals surface area (Å²) < 4.78 is 5.34.